The second-order valence-corrected chi connectivity index (χ2v) is 5.88. The van der Waals surface area contributed by atoms with Gasteiger partial charge in [-0.15, -0.1) is 0 Å². The van der Waals surface area contributed by atoms with Crippen molar-refractivity contribution in [2.75, 3.05) is 0 Å². The fourth-order valence-corrected chi connectivity index (χ4v) is 3.47. The molecule has 102 valence electrons. The van der Waals surface area contributed by atoms with Crippen molar-refractivity contribution < 1.29 is 0 Å². The van der Waals surface area contributed by atoms with Gasteiger partial charge in [-0.1, -0.05) is 56.1 Å². The zero-order valence-corrected chi connectivity index (χ0v) is 13.1. The van der Waals surface area contributed by atoms with Gasteiger partial charge >= 0.3 is 0 Å². The Labute approximate surface area is 114 Å². The molecule has 1 rings (SSSR count). The maximum atomic E-state index is 2.41. The van der Waals surface area contributed by atoms with Crippen LogP contribution in [0, 0.1) is 11.8 Å². The summed E-state index contributed by atoms with van der Waals surface area (Å²) in [6.45, 7) is 13.9. The molecule has 1 aliphatic rings. The molecule has 2 atom stereocenters. The summed E-state index contributed by atoms with van der Waals surface area (Å²) < 4.78 is 0. The molecule has 0 aromatic heterocycles. The number of hydrogen-bond acceptors (Lipinski definition) is 0. The molecule has 0 nitrogen and oxygen atoms in total. The summed E-state index contributed by atoms with van der Waals surface area (Å²) in [6.07, 6.45) is 9.61. The van der Waals surface area contributed by atoms with Crippen molar-refractivity contribution >= 4 is 0 Å². The highest BCUT2D eigenvalue weighted by molar-refractivity contribution is 5.38. The molecule has 0 amide bonds. The van der Waals surface area contributed by atoms with Gasteiger partial charge in [0.15, 0.2) is 0 Å². The molecule has 0 heterocycles. The van der Waals surface area contributed by atoms with Crippen LogP contribution in [0.1, 0.15) is 67.2 Å². The second kappa shape index (κ2) is 6.97. The highest BCUT2D eigenvalue weighted by atomic mass is 14.3. The molecule has 0 aromatic carbocycles. The SMILES string of the molecule is CC=CC1=C(C)CCC(C)=C(C(C)CCC)C1C. The summed E-state index contributed by atoms with van der Waals surface area (Å²) in [6, 6.07) is 0. The van der Waals surface area contributed by atoms with E-state index < -0.39 is 0 Å². The van der Waals surface area contributed by atoms with Gasteiger partial charge in [0.1, 0.15) is 0 Å². The van der Waals surface area contributed by atoms with Crippen LogP contribution >= 0.6 is 0 Å². The maximum Gasteiger partial charge on any atom is 0.00243 e. The predicted molar refractivity (Wildman–Crippen MR) is 82.7 cm³/mol. The van der Waals surface area contributed by atoms with Crippen LogP contribution in [0.5, 0.6) is 0 Å². The summed E-state index contributed by atoms with van der Waals surface area (Å²) in [4.78, 5) is 0. The van der Waals surface area contributed by atoms with Crippen LogP contribution in [0.15, 0.2) is 34.4 Å². The van der Waals surface area contributed by atoms with Crippen molar-refractivity contribution in [1.82, 2.24) is 0 Å². The van der Waals surface area contributed by atoms with Gasteiger partial charge in [0.2, 0.25) is 0 Å². The minimum absolute atomic E-state index is 0.602. The van der Waals surface area contributed by atoms with Gasteiger partial charge in [0.25, 0.3) is 0 Å². The smallest absolute Gasteiger partial charge is 0.00243 e. The van der Waals surface area contributed by atoms with Gasteiger partial charge in [-0.3, -0.25) is 0 Å². The summed E-state index contributed by atoms with van der Waals surface area (Å²) in [5, 5.41) is 0. The van der Waals surface area contributed by atoms with Crippen LogP contribution in [0.3, 0.4) is 0 Å². The van der Waals surface area contributed by atoms with Gasteiger partial charge in [0, 0.05) is 5.92 Å². The van der Waals surface area contributed by atoms with E-state index >= 15 is 0 Å². The normalized spacial score (nSPS) is 23.8. The lowest BCUT2D eigenvalue weighted by Crippen LogP contribution is -2.12. The summed E-state index contributed by atoms with van der Waals surface area (Å²) in [5.74, 6) is 1.33. The lowest BCUT2D eigenvalue weighted by atomic mass is 9.80. The molecule has 0 bridgehead atoms. The van der Waals surface area contributed by atoms with E-state index in [1.165, 1.54) is 25.7 Å². The second-order valence-electron chi connectivity index (χ2n) is 5.88. The van der Waals surface area contributed by atoms with Crippen LogP contribution in [0.25, 0.3) is 0 Å². The topological polar surface area (TPSA) is 0 Å². The van der Waals surface area contributed by atoms with E-state index in [0.717, 1.165) is 5.92 Å². The van der Waals surface area contributed by atoms with E-state index in [2.05, 4.69) is 53.7 Å². The predicted octanol–water partition coefficient (Wildman–Crippen LogP) is 6.06. The van der Waals surface area contributed by atoms with Crippen molar-refractivity contribution in [3.8, 4) is 0 Å². The molecule has 0 fully saturated rings. The van der Waals surface area contributed by atoms with Gasteiger partial charge in [0.05, 0.1) is 0 Å². The van der Waals surface area contributed by atoms with E-state index in [1.807, 2.05) is 0 Å². The van der Waals surface area contributed by atoms with Crippen molar-refractivity contribution in [2.24, 2.45) is 11.8 Å². The van der Waals surface area contributed by atoms with Crippen molar-refractivity contribution in [3.05, 3.63) is 34.4 Å². The first-order valence-electron chi connectivity index (χ1n) is 7.54. The quantitative estimate of drug-likeness (QED) is 0.529. The molecule has 0 radical (unpaired) electrons. The zero-order valence-electron chi connectivity index (χ0n) is 13.1. The van der Waals surface area contributed by atoms with Gasteiger partial charge in [-0.25, -0.2) is 0 Å². The van der Waals surface area contributed by atoms with Crippen LogP contribution in [0.2, 0.25) is 0 Å². The molecule has 0 N–H and O–H groups in total. The molecule has 0 saturated carbocycles. The van der Waals surface area contributed by atoms with Crippen LogP contribution < -0.4 is 0 Å². The molecular formula is C18H30. The first-order valence-corrected chi connectivity index (χ1v) is 7.54. The number of allylic oxidation sites excluding steroid dienone is 6. The molecule has 2 unspecified atom stereocenters. The Balaban J connectivity index is 3.14. The first kappa shape index (κ1) is 15.3. The molecular weight excluding hydrogens is 216 g/mol. The molecule has 0 heteroatoms. The third-order valence-electron chi connectivity index (χ3n) is 4.39. The fraction of sp³-hybridized carbons (Fsp3) is 0.667. The highest BCUT2D eigenvalue weighted by Gasteiger charge is 2.23. The summed E-state index contributed by atoms with van der Waals surface area (Å²) in [7, 11) is 0. The Morgan fingerprint density at radius 3 is 2.39 bits per heavy atom. The highest BCUT2D eigenvalue weighted by Crippen LogP contribution is 2.38. The van der Waals surface area contributed by atoms with E-state index in [4.69, 9.17) is 0 Å². The third kappa shape index (κ3) is 3.37. The lowest BCUT2D eigenvalue weighted by Gasteiger charge is -2.25. The van der Waals surface area contributed by atoms with E-state index in [0.29, 0.717) is 5.92 Å². The molecule has 18 heavy (non-hydrogen) atoms. The van der Waals surface area contributed by atoms with Gasteiger partial charge < -0.3 is 0 Å². The van der Waals surface area contributed by atoms with Crippen molar-refractivity contribution in [2.45, 2.75) is 67.2 Å². The van der Waals surface area contributed by atoms with Crippen LogP contribution in [-0.4, -0.2) is 0 Å². The minimum Gasteiger partial charge on any atom is -0.0874 e. The summed E-state index contributed by atoms with van der Waals surface area (Å²) >= 11 is 0. The number of hydrogen-bond donors (Lipinski definition) is 0. The van der Waals surface area contributed by atoms with E-state index in [-0.39, 0.29) is 0 Å². The Morgan fingerprint density at radius 2 is 1.83 bits per heavy atom. The average Bonchev–Trinajstić information content (AvgIpc) is 2.42. The first-order chi connectivity index (χ1) is 8.52. The molecule has 0 aromatic rings. The molecule has 0 saturated heterocycles. The minimum atomic E-state index is 0.602. The van der Waals surface area contributed by atoms with E-state index in [9.17, 15) is 0 Å². The number of rotatable bonds is 4. The Bertz CT molecular complexity index is 365. The Kier molecular flexibility index (Phi) is 5.91. The van der Waals surface area contributed by atoms with Crippen LogP contribution in [0.4, 0.5) is 0 Å². The monoisotopic (exact) mass is 246 g/mol. The van der Waals surface area contributed by atoms with E-state index in [1.54, 1.807) is 22.3 Å². The zero-order chi connectivity index (χ0) is 13.7. The van der Waals surface area contributed by atoms with Crippen molar-refractivity contribution in [3.63, 3.8) is 0 Å². The van der Waals surface area contributed by atoms with Crippen LogP contribution in [-0.2, 0) is 0 Å². The Hall–Kier alpha value is -0.780. The summed E-state index contributed by atoms with van der Waals surface area (Å²) in [5.41, 5.74) is 6.50. The maximum absolute atomic E-state index is 2.41. The van der Waals surface area contributed by atoms with Crippen molar-refractivity contribution in [1.29, 1.82) is 0 Å². The Morgan fingerprint density at radius 1 is 1.22 bits per heavy atom. The standard InChI is InChI=1S/C18H30/c1-7-9-14(4)18-15(5)12-11-13(3)17(10-8-2)16(18)6/h8,10,14,16H,7,9,11-12H2,1-6H3. The average molecular weight is 246 g/mol. The van der Waals surface area contributed by atoms with Gasteiger partial charge in [-0.2, -0.15) is 0 Å². The molecule has 1 aliphatic carbocycles. The van der Waals surface area contributed by atoms with Gasteiger partial charge in [-0.05, 0) is 51.5 Å². The fourth-order valence-electron chi connectivity index (χ4n) is 3.47. The largest absolute Gasteiger partial charge is 0.0874 e. The third-order valence-corrected chi connectivity index (χ3v) is 4.39. The lowest BCUT2D eigenvalue weighted by molar-refractivity contribution is 0.542. The molecule has 0 aliphatic heterocycles. The molecule has 0 spiro atoms.